The lowest BCUT2D eigenvalue weighted by atomic mass is 10.1. The Bertz CT molecular complexity index is 690. The molecular weight excluding hydrogens is 390 g/mol. The van der Waals surface area contributed by atoms with Crippen LogP contribution in [-0.4, -0.2) is 59.2 Å². The molecule has 2 amide bonds. The molecule has 8 nitrogen and oxygen atoms in total. The smallest absolute Gasteiger partial charge is 0.245 e. The van der Waals surface area contributed by atoms with E-state index in [2.05, 4.69) is 17.2 Å². The first kappa shape index (κ1) is 24.4. The van der Waals surface area contributed by atoms with Crippen molar-refractivity contribution in [2.45, 2.75) is 50.8 Å². The Morgan fingerprint density at radius 2 is 2.03 bits per heavy atom. The average Bonchev–Trinajstić information content (AvgIpc) is 2.65. The van der Waals surface area contributed by atoms with Gasteiger partial charge in [-0.25, -0.2) is 8.78 Å². The zero-order valence-electron chi connectivity index (χ0n) is 16.1. The molecule has 1 rings (SSSR count). The van der Waals surface area contributed by atoms with E-state index in [9.17, 15) is 28.3 Å². The number of nitrogens with one attached hydrogen (secondary N) is 2. The largest absolute Gasteiger partial charge is 0.480 e. The van der Waals surface area contributed by atoms with Crippen LogP contribution in [0.25, 0.3) is 0 Å². The van der Waals surface area contributed by atoms with Gasteiger partial charge in [-0.05, 0) is 25.8 Å². The Labute approximate surface area is 167 Å². The second kappa shape index (κ2) is 12.1. The first-order valence-corrected chi connectivity index (χ1v) is 9.11. The van der Waals surface area contributed by atoms with E-state index in [1.165, 1.54) is 13.0 Å². The standard InChI is InChI=1S/C19H26F2N2O6/c1-3-5-16(27)23-17(11(2)25)19(28)22-14(8-9-24)15(26)10-29-18-12(20)6-4-7-13(18)21/h3,6,11,14,17,24-25H,1,4-5,7-10H2,2H3,(H,22,28)(H,23,27). The van der Waals surface area contributed by atoms with E-state index in [-0.39, 0.29) is 25.7 Å². The molecule has 0 spiro atoms. The van der Waals surface area contributed by atoms with Crippen LogP contribution in [0.5, 0.6) is 0 Å². The molecule has 0 aromatic carbocycles. The summed E-state index contributed by atoms with van der Waals surface area (Å²) in [4.78, 5) is 36.4. The number of ether oxygens (including phenoxy) is 1. The number of amides is 2. The third-order valence-electron chi connectivity index (χ3n) is 4.04. The minimum atomic E-state index is -1.35. The van der Waals surface area contributed by atoms with Gasteiger partial charge in [0.05, 0.1) is 12.1 Å². The number of halogens is 2. The van der Waals surface area contributed by atoms with Crippen molar-refractivity contribution in [3.8, 4) is 0 Å². The van der Waals surface area contributed by atoms with Crippen molar-refractivity contribution >= 4 is 17.6 Å². The SMILES string of the molecule is C=CCC(=O)NC(C(=O)NC(CCO)C(=O)COC1=C(F)CCC=C1F)C(C)O. The van der Waals surface area contributed by atoms with Crippen molar-refractivity contribution in [3.63, 3.8) is 0 Å². The van der Waals surface area contributed by atoms with E-state index in [1.807, 2.05) is 0 Å². The lowest BCUT2D eigenvalue weighted by Crippen LogP contribution is -2.56. The maximum atomic E-state index is 13.7. The van der Waals surface area contributed by atoms with E-state index < -0.39 is 66.4 Å². The summed E-state index contributed by atoms with van der Waals surface area (Å²) in [7, 11) is 0. The van der Waals surface area contributed by atoms with Crippen molar-refractivity contribution in [3.05, 3.63) is 36.1 Å². The van der Waals surface area contributed by atoms with E-state index in [4.69, 9.17) is 9.84 Å². The molecule has 0 heterocycles. The first-order valence-electron chi connectivity index (χ1n) is 9.11. The predicted molar refractivity (Wildman–Crippen MR) is 99.6 cm³/mol. The number of ketones is 1. The van der Waals surface area contributed by atoms with E-state index in [0.717, 1.165) is 6.08 Å². The molecule has 1 aliphatic rings. The van der Waals surface area contributed by atoms with Gasteiger partial charge >= 0.3 is 0 Å². The fourth-order valence-corrected chi connectivity index (χ4v) is 2.53. The minimum absolute atomic E-state index is 0.0474. The number of carbonyl (C=O) groups excluding carboxylic acids is 3. The van der Waals surface area contributed by atoms with Crippen molar-refractivity contribution in [2.75, 3.05) is 13.2 Å². The van der Waals surface area contributed by atoms with Gasteiger partial charge in [-0.15, -0.1) is 6.58 Å². The number of Topliss-reactive ketones (excluding diaryl/α,β-unsaturated/α-hetero) is 1. The molecule has 0 saturated heterocycles. The van der Waals surface area contributed by atoms with Gasteiger partial charge in [0.25, 0.3) is 0 Å². The first-order chi connectivity index (χ1) is 13.7. The summed E-state index contributed by atoms with van der Waals surface area (Å²) in [5.74, 6) is -4.55. The summed E-state index contributed by atoms with van der Waals surface area (Å²) in [6.07, 6.45) is 1.03. The highest BCUT2D eigenvalue weighted by Crippen LogP contribution is 2.27. The summed E-state index contributed by atoms with van der Waals surface area (Å²) in [6.45, 7) is 3.46. The lowest BCUT2D eigenvalue weighted by molar-refractivity contribution is -0.134. The van der Waals surface area contributed by atoms with Gasteiger partial charge in [-0.2, -0.15) is 0 Å². The number of hydrogen-bond donors (Lipinski definition) is 4. The molecule has 0 aliphatic heterocycles. The Balaban J connectivity index is 2.77. The number of aliphatic hydroxyl groups excluding tert-OH is 2. The number of rotatable bonds is 12. The van der Waals surface area contributed by atoms with Gasteiger partial charge in [0.15, 0.2) is 17.4 Å². The number of aliphatic hydroxyl groups is 2. The summed E-state index contributed by atoms with van der Waals surface area (Å²) < 4.78 is 32.2. The Morgan fingerprint density at radius 3 is 2.59 bits per heavy atom. The van der Waals surface area contributed by atoms with E-state index in [1.54, 1.807) is 0 Å². The van der Waals surface area contributed by atoms with Crippen LogP contribution >= 0.6 is 0 Å². The highest BCUT2D eigenvalue weighted by atomic mass is 19.1. The third-order valence-corrected chi connectivity index (χ3v) is 4.04. The predicted octanol–water partition coefficient (Wildman–Crippen LogP) is 0.709. The maximum Gasteiger partial charge on any atom is 0.245 e. The highest BCUT2D eigenvalue weighted by Gasteiger charge is 2.30. The summed E-state index contributed by atoms with van der Waals surface area (Å²) in [5, 5.41) is 23.5. The Hall–Kier alpha value is -2.59. The van der Waals surface area contributed by atoms with Crippen LogP contribution in [0, 0.1) is 0 Å². The molecule has 3 unspecified atom stereocenters. The van der Waals surface area contributed by atoms with Gasteiger partial charge < -0.3 is 25.6 Å². The lowest BCUT2D eigenvalue weighted by Gasteiger charge is -2.24. The molecule has 0 saturated carbocycles. The molecule has 0 aromatic rings. The zero-order chi connectivity index (χ0) is 22.0. The van der Waals surface area contributed by atoms with E-state index in [0.29, 0.717) is 0 Å². The molecule has 0 fully saturated rings. The van der Waals surface area contributed by atoms with Crippen molar-refractivity contribution in [1.82, 2.24) is 10.6 Å². The van der Waals surface area contributed by atoms with Gasteiger partial charge in [-0.3, -0.25) is 14.4 Å². The number of hydrogen-bond acceptors (Lipinski definition) is 6. The van der Waals surface area contributed by atoms with Crippen molar-refractivity contribution < 1.29 is 38.1 Å². The average molecular weight is 416 g/mol. The fourth-order valence-electron chi connectivity index (χ4n) is 2.53. The summed E-state index contributed by atoms with van der Waals surface area (Å²) in [6, 6.07) is -2.60. The zero-order valence-corrected chi connectivity index (χ0v) is 16.1. The second-order valence-corrected chi connectivity index (χ2v) is 6.43. The maximum absolute atomic E-state index is 13.7. The molecular formula is C19H26F2N2O6. The number of carbonyl (C=O) groups is 3. The van der Waals surface area contributed by atoms with E-state index >= 15 is 0 Å². The Kier molecular flexibility index (Phi) is 10.2. The van der Waals surface area contributed by atoms with Crippen molar-refractivity contribution in [2.24, 2.45) is 0 Å². The van der Waals surface area contributed by atoms with Crippen LogP contribution in [0.15, 0.2) is 36.1 Å². The molecule has 3 atom stereocenters. The summed E-state index contributed by atoms with van der Waals surface area (Å²) >= 11 is 0. The van der Waals surface area contributed by atoms with Crippen LogP contribution in [0.1, 0.15) is 32.6 Å². The van der Waals surface area contributed by atoms with Gasteiger partial charge in [-0.1, -0.05) is 6.08 Å². The molecule has 10 heteroatoms. The second-order valence-electron chi connectivity index (χ2n) is 6.43. The quantitative estimate of drug-likeness (QED) is 0.347. The molecule has 162 valence electrons. The normalized spacial score (nSPS) is 16.9. The van der Waals surface area contributed by atoms with Crippen LogP contribution in [0.2, 0.25) is 0 Å². The third kappa shape index (κ3) is 7.74. The van der Waals surface area contributed by atoms with Gasteiger partial charge in [0.2, 0.25) is 11.8 Å². The Morgan fingerprint density at radius 1 is 1.34 bits per heavy atom. The molecule has 4 N–H and O–H groups in total. The molecule has 1 aliphatic carbocycles. The topological polar surface area (TPSA) is 125 Å². The van der Waals surface area contributed by atoms with Crippen LogP contribution in [-0.2, 0) is 19.1 Å². The monoisotopic (exact) mass is 416 g/mol. The van der Waals surface area contributed by atoms with Gasteiger partial charge in [0, 0.05) is 19.4 Å². The minimum Gasteiger partial charge on any atom is -0.480 e. The molecule has 0 radical (unpaired) electrons. The van der Waals surface area contributed by atoms with Crippen LogP contribution in [0.3, 0.4) is 0 Å². The molecule has 0 aromatic heterocycles. The van der Waals surface area contributed by atoms with Crippen LogP contribution < -0.4 is 10.6 Å². The summed E-state index contributed by atoms with van der Waals surface area (Å²) in [5.41, 5.74) is 0. The van der Waals surface area contributed by atoms with Crippen molar-refractivity contribution in [1.29, 1.82) is 0 Å². The fraction of sp³-hybridized carbons (Fsp3) is 0.526. The van der Waals surface area contributed by atoms with Gasteiger partial charge in [0.1, 0.15) is 18.5 Å². The highest BCUT2D eigenvalue weighted by molar-refractivity contribution is 5.93. The molecule has 0 bridgehead atoms. The number of allylic oxidation sites excluding steroid dienone is 3. The molecule has 29 heavy (non-hydrogen) atoms. The van der Waals surface area contributed by atoms with Crippen LogP contribution in [0.4, 0.5) is 8.78 Å².